The van der Waals surface area contributed by atoms with E-state index in [4.69, 9.17) is 0 Å². The van der Waals surface area contributed by atoms with Gasteiger partial charge in [-0.1, -0.05) is 17.7 Å². The van der Waals surface area contributed by atoms with Crippen LogP contribution in [0.15, 0.2) is 24.3 Å². The third kappa shape index (κ3) is 2.03. The standard InChI is InChI=1S/C24H31N3O2/c1-12-2-4-14(5-3-12)27-7-6-13(10-27)26-23(28)25-11-24(29)21-16-9-17-19-15(16)8-18(21)20(19)22(17)24/h2-5,13,15-22,29H,6-11H2,1H3,(H2,25,26,28). The Labute approximate surface area is 172 Å². The lowest BCUT2D eigenvalue weighted by molar-refractivity contribution is -0.126. The van der Waals surface area contributed by atoms with Crippen molar-refractivity contribution in [2.24, 2.45) is 47.3 Å². The van der Waals surface area contributed by atoms with E-state index in [1.165, 1.54) is 24.1 Å². The quantitative estimate of drug-likeness (QED) is 0.736. The number of nitrogens with zero attached hydrogens (tertiary/aromatic N) is 1. The molecule has 5 saturated carbocycles. The molecule has 5 heteroatoms. The second kappa shape index (κ2) is 5.48. The zero-order chi connectivity index (χ0) is 19.5. The van der Waals surface area contributed by atoms with Gasteiger partial charge in [-0.2, -0.15) is 0 Å². The van der Waals surface area contributed by atoms with E-state index in [1.807, 2.05) is 0 Å². The number of aryl methyl sites for hydroxylation is 1. The predicted molar refractivity (Wildman–Crippen MR) is 110 cm³/mol. The van der Waals surface area contributed by atoms with Crippen LogP contribution in [0.2, 0.25) is 0 Å². The summed E-state index contributed by atoms with van der Waals surface area (Å²) < 4.78 is 0. The van der Waals surface area contributed by atoms with E-state index in [-0.39, 0.29) is 12.1 Å². The number of benzene rings is 1. The van der Waals surface area contributed by atoms with E-state index < -0.39 is 5.60 Å². The number of urea groups is 1. The molecule has 1 heterocycles. The molecule has 5 nitrogen and oxygen atoms in total. The molecule has 1 saturated heterocycles. The largest absolute Gasteiger partial charge is 0.387 e. The van der Waals surface area contributed by atoms with E-state index in [0.717, 1.165) is 55.0 Å². The van der Waals surface area contributed by atoms with E-state index in [0.29, 0.717) is 18.4 Å². The number of rotatable bonds is 4. The van der Waals surface area contributed by atoms with Crippen LogP contribution in [0.4, 0.5) is 10.5 Å². The lowest BCUT2D eigenvalue weighted by Crippen LogP contribution is -2.60. The summed E-state index contributed by atoms with van der Waals surface area (Å²) in [4.78, 5) is 15.0. The zero-order valence-corrected chi connectivity index (χ0v) is 17.1. The number of aliphatic hydroxyl groups is 1. The molecule has 154 valence electrons. The molecule has 6 aliphatic rings. The van der Waals surface area contributed by atoms with Crippen LogP contribution in [0.1, 0.15) is 24.8 Å². The molecule has 2 amide bonds. The molecule has 7 rings (SSSR count). The first kappa shape index (κ1) is 17.0. The maximum Gasteiger partial charge on any atom is 0.315 e. The molecule has 29 heavy (non-hydrogen) atoms. The maximum atomic E-state index is 12.6. The van der Waals surface area contributed by atoms with Crippen LogP contribution in [0, 0.1) is 54.3 Å². The van der Waals surface area contributed by atoms with E-state index in [9.17, 15) is 9.90 Å². The van der Waals surface area contributed by atoms with Gasteiger partial charge in [0.1, 0.15) is 0 Å². The van der Waals surface area contributed by atoms with Crippen molar-refractivity contribution in [3.8, 4) is 0 Å². The summed E-state index contributed by atoms with van der Waals surface area (Å²) in [6, 6.07) is 8.67. The summed E-state index contributed by atoms with van der Waals surface area (Å²) in [7, 11) is 0. The minimum Gasteiger partial charge on any atom is -0.387 e. The van der Waals surface area contributed by atoms with Crippen LogP contribution in [0.3, 0.4) is 0 Å². The Balaban J connectivity index is 0.972. The van der Waals surface area contributed by atoms with Gasteiger partial charge >= 0.3 is 6.03 Å². The Morgan fingerprint density at radius 3 is 2.69 bits per heavy atom. The summed E-state index contributed by atoms with van der Waals surface area (Å²) >= 11 is 0. The molecule has 10 atom stereocenters. The molecule has 2 bridgehead atoms. The van der Waals surface area contributed by atoms with Crippen LogP contribution in [-0.2, 0) is 0 Å². The molecule has 6 fully saturated rings. The molecule has 0 aromatic heterocycles. The van der Waals surface area contributed by atoms with E-state index in [2.05, 4.69) is 46.7 Å². The van der Waals surface area contributed by atoms with Crippen LogP contribution >= 0.6 is 0 Å². The van der Waals surface area contributed by atoms with Gasteiger partial charge in [-0.05, 0) is 85.7 Å². The molecule has 10 unspecified atom stereocenters. The predicted octanol–water partition coefficient (Wildman–Crippen LogP) is 2.38. The first-order valence-electron chi connectivity index (χ1n) is 11.6. The first-order valence-corrected chi connectivity index (χ1v) is 11.6. The highest BCUT2D eigenvalue weighted by Crippen LogP contribution is 2.85. The Morgan fingerprint density at radius 1 is 1.10 bits per heavy atom. The van der Waals surface area contributed by atoms with Gasteiger partial charge < -0.3 is 20.6 Å². The minimum absolute atomic E-state index is 0.104. The number of hydrogen-bond acceptors (Lipinski definition) is 3. The van der Waals surface area contributed by atoms with Crippen molar-refractivity contribution in [1.82, 2.24) is 10.6 Å². The van der Waals surface area contributed by atoms with Crippen molar-refractivity contribution in [2.75, 3.05) is 24.5 Å². The highest BCUT2D eigenvalue weighted by Gasteiger charge is 2.84. The Bertz CT molecular complexity index is 865. The third-order valence-corrected chi connectivity index (χ3v) is 9.97. The van der Waals surface area contributed by atoms with Gasteiger partial charge in [-0.25, -0.2) is 4.79 Å². The molecule has 1 aromatic carbocycles. The molecule has 0 radical (unpaired) electrons. The normalized spacial score (nSPS) is 49.7. The molecule has 1 aliphatic heterocycles. The summed E-state index contributed by atoms with van der Waals surface area (Å²) in [5.74, 6) is 5.80. The highest BCUT2D eigenvalue weighted by atomic mass is 16.3. The van der Waals surface area contributed by atoms with Crippen molar-refractivity contribution in [3.05, 3.63) is 29.8 Å². The van der Waals surface area contributed by atoms with E-state index >= 15 is 0 Å². The number of amides is 2. The van der Waals surface area contributed by atoms with Gasteiger partial charge in [0.15, 0.2) is 0 Å². The van der Waals surface area contributed by atoms with Crippen LogP contribution in [-0.4, -0.2) is 42.4 Å². The Kier molecular flexibility index (Phi) is 3.21. The summed E-state index contributed by atoms with van der Waals surface area (Å²) in [5.41, 5.74) is 1.86. The number of carbonyl (C=O) groups is 1. The lowest BCUT2D eigenvalue weighted by Gasteiger charge is -2.51. The summed E-state index contributed by atoms with van der Waals surface area (Å²) in [5, 5.41) is 17.9. The number of nitrogens with one attached hydrogen (secondary N) is 2. The van der Waals surface area contributed by atoms with Crippen molar-refractivity contribution in [3.63, 3.8) is 0 Å². The van der Waals surface area contributed by atoms with Gasteiger partial charge in [0.2, 0.25) is 0 Å². The molecule has 3 N–H and O–H groups in total. The Hall–Kier alpha value is -1.75. The molecule has 0 spiro atoms. The monoisotopic (exact) mass is 393 g/mol. The average Bonchev–Trinajstić information content (AvgIpc) is 3.37. The van der Waals surface area contributed by atoms with Crippen LogP contribution < -0.4 is 15.5 Å². The van der Waals surface area contributed by atoms with Crippen molar-refractivity contribution < 1.29 is 9.90 Å². The van der Waals surface area contributed by atoms with Crippen molar-refractivity contribution in [1.29, 1.82) is 0 Å². The lowest BCUT2D eigenvalue weighted by atomic mass is 9.56. The zero-order valence-electron chi connectivity index (χ0n) is 17.1. The highest BCUT2D eigenvalue weighted by molar-refractivity contribution is 5.74. The topological polar surface area (TPSA) is 64.6 Å². The fourth-order valence-corrected chi connectivity index (χ4v) is 9.29. The summed E-state index contributed by atoms with van der Waals surface area (Å²) in [6.45, 7) is 4.37. The fourth-order valence-electron chi connectivity index (χ4n) is 9.29. The number of carbonyl (C=O) groups excluding carboxylic acids is 1. The van der Waals surface area contributed by atoms with Gasteiger partial charge in [0, 0.05) is 31.4 Å². The first-order chi connectivity index (χ1) is 14.0. The number of hydrogen-bond donors (Lipinski definition) is 3. The van der Waals surface area contributed by atoms with E-state index in [1.54, 1.807) is 0 Å². The van der Waals surface area contributed by atoms with Gasteiger partial charge in [-0.15, -0.1) is 0 Å². The average molecular weight is 394 g/mol. The SMILES string of the molecule is Cc1ccc(N2CCC(NC(=O)NCC3(O)C4C5CC6C7C5CC4C7C63)C2)cc1. The Morgan fingerprint density at radius 2 is 1.86 bits per heavy atom. The van der Waals surface area contributed by atoms with Gasteiger partial charge in [0.25, 0.3) is 0 Å². The van der Waals surface area contributed by atoms with Gasteiger partial charge in [-0.3, -0.25) is 0 Å². The molecular formula is C24H31N3O2. The van der Waals surface area contributed by atoms with Crippen molar-refractivity contribution >= 4 is 11.7 Å². The second-order valence-electron chi connectivity index (χ2n) is 10.9. The molecular weight excluding hydrogens is 362 g/mol. The summed E-state index contributed by atoms with van der Waals surface area (Å²) in [6.07, 6.45) is 3.70. The number of fused-ring (bicyclic) bond motifs is 2. The molecule has 5 aliphatic carbocycles. The van der Waals surface area contributed by atoms with Crippen molar-refractivity contribution in [2.45, 2.75) is 37.8 Å². The fraction of sp³-hybridized carbons (Fsp3) is 0.708. The maximum absolute atomic E-state index is 12.6. The minimum atomic E-state index is -0.633. The molecule has 1 aromatic rings. The third-order valence-electron chi connectivity index (χ3n) is 9.97. The van der Waals surface area contributed by atoms with Gasteiger partial charge in [0.05, 0.1) is 5.60 Å². The smallest absolute Gasteiger partial charge is 0.315 e. The second-order valence-corrected chi connectivity index (χ2v) is 10.9. The van der Waals surface area contributed by atoms with Crippen LogP contribution in [0.25, 0.3) is 0 Å². The van der Waals surface area contributed by atoms with Crippen LogP contribution in [0.5, 0.6) is 0 Å². The number of anilines is 1.